The number of carbonyl (C=O) groups excluding carboxylic acids is 3. The Morgan fingerprint density at radius 1 is 1.21 bits per heavy atom. The third kappa shape index (κ3) is 4.57. The minimum atomic E-state index is -0.754. The van der Waals surface area contributed by atoms with E-state index in [2.05, 4.69) is 10.6 Å². The number of para-hydroxylation sites is 1. The molecule has 2 amide bonds. The van der Waals surface area contributed by atoms with E-state index in [4.69, 9.17) is 4.74 Å². The lowest BCUT2D eigenvalue weighted by molar-refractivity contribution is -0.144. The summed E-state index contributed by atoms with van der Waals surface area (Å²) in [5.41, 5.74) is 0.794. The number of ether oxygens (including phenoxy) is 1. The van der Waals surface area contributed by atoms with Gasteiger partial charge in [0.2, 0.25) is 5.91 Å². The third-order valence-electron chi connectivity index (χ3n) is 4.14. The van der Waals surface area contributed by atoms with Crippen LogP contribution in [-0.2, 0) is 14.3 Å². The first-order valence-electron chi connectivity index (χ1n) is 8.40. The molecule has 6 heteroatoms. The predicted octanol–water partition coefficient (Wildman–Crippen LogP) is 2.50. The van der Waals surface area contributed by atoms with Gasteiger partial charge in [0.25, 0.3) is 5.91 Å². The van der Waals surface area contributed by atoms with Crippen LogP contribution in [0.5, 0.6) is 0 Å². The summed E-state index contributed by atoms with van der Waals surface area (Å²) in [4.78, 5) is 36.3. The Kier molecular flexibility index (Phi) is 6.35. The van der Waals surface area contributed by atoms with Crippen LogP contribution < -0.4 is 10.6 Å². The van der Waals surface area contributed by atoms with Crippen LogP contribution in [0, 0.1) is 5.92 Å². The van der Waals surface area contributed by atoms with Crippen molar-refractivity contribution in [1.82, 2.24) is 5.32 Å². The van der Waals surface area contributed by atoms with Crippen LogP contribution in [0.3, 0.4) is 0 Å². The monoisotopic (exact) mass is 332 g/mol. The van der Waals surface area contributed by atoms with Crippen LogP contribution in [-0.4, -0.2) is 30.4 Å². The van der Waals surface area contributed by atoms with Gasteiger partial charge in [-0.15, -0.1) is 0 Å². The molecule has 1 aromatic carbocycles. The summed E-state index contributed by atoms with van der Waals surface area (Å²) in [6.45, 7) is 3.53. The smallest absolute Gasteiger partial charge is 0.328 e. The number of anilines is 1. The molecule has 2 rings (SSSR count). The number of rotatable bonds is 6. The van der Waals surface area contributed by atoms with Gasteiger partial charge in [0.15, 0.2) is 0 Å². The summed E-state index contributed by atoms with van der Waals surface area (Å²) >= 11 is 0. The highest BCUT2D eigenvalue weighted by Gasteiger charge is 2.24. The molecule has 1 fully saturated rings. The lowest BCUT2D eigenvalue weighted by atomic mass is 10.1. The molecule has 1 aliphatic carbocycles. The molecule has 0 saturated heterocycles. The maximum Gasteiger partial charge on any atom is 0.328 e. The predicted molar refractivity (Wildman–Crippen MR) is 90.6 cm³/mol. The lowest BCUT2D eigenvalue weighted by Gasteiger charge is -2.16. The first-order chi connectivity index (χ1) is 11.5. The third-order valence-corrected chi connectivity index (χ3v) is 4.14. The summed E-state index contributed by atoms with van der Waals surface area (Å²) in [5, 5.41) is 5.44. The lowest BCUT2D eigenvalue weighted by Crippen LogP contribution is -2.40. The van der Waals surface area contributed by atoms with Crippen molar-refractivity contribution in [2.45, 2.75) is 45.6 Å². The summed E-state index contributed by atoms with van der Waals surface area (Å²) in [6.07, 6.45) is 3.91. The van der Waals surface area contributed by atoms with Crippen molar-refractivity contribution in [1.29, 1.82) is 0 Å². The molecular weight excluding hydrogens is 308 g/mol. The quantitative estimate of drug-likeness (QED) is 0.784. The van der Waals surface area contributed by atoms with E-state index in [1.165, 1.54) is 0 Å². The highest BCUT2D eigenvalue weighted by Crippen LogP contribution is 2.26. The Balaban J connectivity index is 2.05. The molecule has 1 aromatic rings. The zero-order valence-corrected chi connectivity index (χ0v) is 14.1. The minimum Gasteiger partial charge on any atom is -0.464 e. The molecule has 0 radical (unpaired) electrons. The average molecular weight is 332 g/mol. The number of benzene rings is 1. The van der Waals surface area contributed by atoms with Crippen molar-refractivity contribution in [3.05, 3.63) is 29.8 Å². The highest BCUT2D eigenvalue weighted by atomic mass is 16.5. The maximum absolute atomic E-state index is 12.4. The van der Waals surface area contributed by atoms with E-state index < -0.39 is 17.9 Å². The maximum atomic E-state index is 12.4. The fraction of sp³-hybridized carbons (Fsp3) is 0.500. The summed E-state index contributed by atoms with van der Waals surface area (Å²) in [6, 6.07) is 6.04. The van der Waals surface area contributed by atoms with Crippen molar-refractivity contribution >= 4 is 23.5 Å². The number of hydrogen-bond donors (Lipinski definition) is 2. The zero-order valence-electron chi connectivity index (χ0n) is 14.1. The molecule has 1 atom stereocenters. The van der Waals surface area contributed by atoms with Crippen LogP contribution in [0.4, 0.5) is 5.69 Å². The van der Waals surface area contributed by atoms with Gasteiger partial charge in [-0.3, -0.25) is 9.59 Å². The fourth-order valence-corrected chi connectivity index (χ4v) is 2.81. The fourth-order valence-electron chi connectivity index (χ4n) is 2.81. The van der Waals surface area contributed by atoms with E-state index in [9.17, 15) is 14.4 Å². The number of carbonyl (C=O) groups is 3. The number of nitrogens with one attached hydrogen (secondary N) is 2. The van der Waals surface area contributed by atoms with Gasteiger partial charge in [-0.2, -0.15) is 0 Å². The van der Waals surface area contributed by atoms with Crippen LogP contribution in [0.15, 0.2) is 24.3 Å². The van der Waals surface area contributed by atoms with E-state index in [0.717, 1.165) is 25.7 Å². The Hall–Kier alpha value is -2.37. The standard InChI is InChI=1S/C18H24N2O4/c1-3-24-18(23)12(2)19-17(22)14-10-6-7-11-15(14)20-16(21)13-8-4-5-9-13/h6-7,10-13H,3-5,8-9H2,1-2H3,(H,19,22)(H,20,21). The molecule has 0 bridgehead atoms. The van der Waals surface area contributed by atoms with Gasteiger partial charge >= 0.3 is 5.97 Å². The topological polar surface area (TPSA) is 84.5 Å². The summed E-state index contributed by atoms with van der Waals surface area (Å²) < 4.78 is 4.88. The second-order valence-corrected chi connectivity index (χ2v) is 5.96. The highest BCUT2D eigenvalue weighted by molar-refractivity contribution is 6.05. The molecule has 0 aliphatic heterocycles. The van der Waals surface area contributed by atoms with E-state index >= 15 is 0 Å². The minimum absolute atomic E-state index is 0.0135. The molecule has 130 valence electrons. The van der Waals surface area contributed by atoms with E-state index in [0.29, 0.717) is 11.3 Å². The van der Waals surface area contributed by atoms with Gasteiger partial charge in [-0.1, -0.05) is 25.0 Å². The van der Waals surface area contributed by atoms with Gasteiger partial charge in [-0.05, 0) is 38.8 Å². The first-order valence-corrected chi connectivity index (χ1v) is 8.40. The van der Waals surface area contributed by atoms with Crippen molar-refractivity contribution in [2.24, 2.45) is 5.92 Å². The zero-order chi connectivity index (χ0) is 17.5. The summed E-state index contributed by atoms with van der Waals surface area (Å²) in [5.74, 6) is -0.943. The van der Waals surface area contributed by atoms with Crippen molar-refractivity contribution in [3.8, 4) is 0 Å². The molecule has 1 aliphatic rings. The molecule has 6 nitrogen and oxygen atoms in total. The second kappa shape index (κ2) is 8.47. The molecule has 1 saturated carbocycles. The molecule has 1 unspecified atom stereocenters. The van der Waals surface area contributed by atoms with Crippen molar-refractivity contribution < 1.29 is 19.1 Å². The second-order valence-electron chi connectivity index (χ2n) is 5.96. The van der Waals surface area contributed by atoms with Crippen LogP contribution in [0.1, 0.15) is 49.9 Å². The normalized spacial score (nSPS) is 15.6. The Bertz CT molecular complexity index is 609. The van der Waals surface area contributed by atoms with Gasteiger partial charge in [-0.25, -0.2) is 4.79 Å². The van der Waals surface area contributed by atoms with Crippen molar-refractivity contribution in [2.75, 3.05) is 11.9 Å². The average Bonchev–Trinajstić information content (AvgIpc) is 3.10. The summed E-state index contributed by atoms with van der Waals surface area (Å²) in [7, 11) is 0. The van der Waals surface area contributed by atoms with Crippen LogP contribution in [0.2, 0.25) is 0 Å². The first kappa shape index (κ1) is 18.0. The Labute approximate surface area is 142 Å². The van der Waals surface area contributed by atoms with Gasteiger partial charge in [0, 0.05) is 5.92 Å². The van der Waals surface area contributed by atoms with Crippen LogP contribution >= 0.6 is 0 Å². The molecule has 0 heterocycles. The van der Waals surface area contributed by atoms with E-state index in [1.54, 1.807) is 38.1 Å². The molecule has 0 aromatic heterocycles. The largest absolute Gasteiger partial charge is 0.464 e. The molecular formula is C18H24N2O4. The Morgan fingerprint density at radius 3 is 2.54 bits per heavy atom. The van der Waals surface area contributed by atoms with Gasteiger partial charge < -0.3 is 15.4 Å². The molecule has 0 spiro atoms. The van der Waals surface area contributed by atoms with E-state index in [1.807, 2.05) is 0 Å². The number of amides is 2. The van der Waals surface area contributed by atoms with Crippen molar-refractivity contribution in [3.63, 3.8) is 0 Å². The number of esters is 1. The van der Waals surface area contributed by atoms with E-state index in [-0.39, 0.29) is 18.4 Å². The van der Waals surface area contributed by atoms with Gasteiger partial charge in [0.05, 0.1) is 17.9 Å². The Morgan fingerprint density at radius 2 is 1.88 bits per heavy atom. The van der Waals surface area contributed by atoms with Crippen LogP contribution in [0.25, 0.3) is 0 Å². The molecule has 24 heavy (non-hydrogen) atoms. The number of hydrogen-bond acceptors (Lipinski definition) is 4. The SMILES string of the molecule is CCOC(=O)C(C)NC(=O)c1ccccc1NC(=O)C1CCCC1. The van der Waals surface area contributed by atoms with Gasteiger partial charge in [0.1, 0.15) is 6.04 Å². The molecule has 2 N–H and O–H groups in total.